The molecule has 80 valence electrons. The maximum absolute atomic E-state index is 9.52. The Balaban J connectivity index is 0.00000169. The van der Waals surface area contributed by atoms with Crippen LogP contribution in [0.25, 0.3) is 0 Å². The quantitative estimate of drug-likeness (QED) is 0.847. The number of rotatable bonds is 3. The van der Waals surface area contributed by atoms with Crippen LogP contribution in [0.2, 0.25) is 5.02 Å². The van der Waals surface area contributed by atoms with Crippen molar-refractivity contribution in [2.45, 2.75) is 25.5 Å². The number of halogens is 2. The molecule has 0 aromatic heterocycles. The summed E-state index contributed by atoms with van der Waals surface area (Å²) in [7, 11) is 0. The zero-order valence-corrected chi connectivity index (χ0v) is 9.55. The summed E-state index contributed by atoms with van der Waals surface area (Å²) < 4.78 is 0. The molecule has 0 spiro atoms. The molecule has 0 fully saturated rings. The van der Waals surface area contributed by atoms with Crippen LogP contribution in [0.1, 0.15) is 24.9 Å². The van der Waals surface area contributed by atoms with Gasteiger partial charge < -0.3 is 10.8 Å². The van der Waals surface area contributed by atoms with Crippen molar-refractivity contribution < 1.29 is 5.11 Å². The zero-order valence-electron chi connectivity index (χ0n) is 7.98. The number of nitrogens with two attached hydrogens (primary N) is 1. The molecule has 0 unspecified atom stereocenters. The first-order valence-electron chi connectivity index (χ1n) is 4.35. The van der Waals surface area contributed by atoms with E-state index in [2.05, 4.69) is 0 Å². The molecule has 0 saturated heterocycles. The van der Waals surface area contributed by atoms with Crippen LogP contribution in [0.15, 0.2) is 24.3 Å². The number of aliphatic hydroxyl groups is 1. The van der Waals surface area contributed by atoms with Gasteiger partial charge in [-0.25, -0.2) is 0 Å². The molecule has 14 heavy (non-hydrogen) atoms. The zero-order chi connectivity index (χ0) is 9.84. The average molecular weight is 236 g/mol. The van der Waals surface area contributed by atoms with Gasteiger partial charge in [0, 0.05) is 5.02 Å². The molecule has 0 aliphatic carbocycles. The van der Waals surface area contributed by atoms with Crippen molar-refractivity contribution in [3.8, 4) is 0 Å². The summed E-state index contributed by atoms with van der Waals surface area (Å²) in [6.07, 6.45) is 0.103. The SMILES string of the molecule is CC[C@@H](O)[C@@H](N)c1ccccc1Cl.Cl. The van der Waals surface area contributed by atoms with Gasteiger partial charge in [0.15, 0.2) is 0 Å². The van der Waals surface area contributed by atoms with Crippen molar-refractivity contribution in [3.05, 3.63) is 34.9 Å². The minimum atomic E-state index is -0.528. The monoisotopic (exact) mass is 235 g/mol. The van der Waals surface area contributed by atoms with Gasteiger partial charge in [-0.05, 0) is 18.1 Å². The normalized spacial score (nSPS) is 14.3. The molecule has 1 aromatic rings. The molecule has 0 heterocycles. The van der Waals surface area contributed by atoms with E-state index in [0.29, 0.717) is 11.4 Å². The van der Waals surface area contributed by atoms with Crippen molar-refractivity contribution in [3.63, 3.8) is 0 Å². The van der Waals surface area contributed by atoms with Gasteiger partial charge in [-0.3, -0.25) is 0 Å². The van der Waals surface area contributed by atoms with Crippen LogP contribution in [0.5, 0.6) is 0 Å². The van der Waals surface area contributed by atoms with Gasteiger partial charge in [0.1, 0.15) is 0 Å². The van der Waals surface area contributed by atoms with E-state index in [1.54, 1.807) is 6.07 Å². The van der Waals surface area contributed by atoms with Crippen LogP contribution >= 0.6 is 24.0 Å². The Morgan fingerprint density at radius 3 is 2.50 bits per heavy atom. The minimum absolute atomic E-state index is 0. The summed E-state index contributed by atoms with van der Waals surface area (Å²) in [6.45, 7) is 1.89. The third kappa shape index (κ3) is 3.14. The summed E-state index contributed by atoms with van der Waals surface area (Å²) in [5.74, 6) is 0. The predicted octanol–water partition coefficient (Wildman–Crippen LogP) is 2.53. The third-order valence-corrected chi connectivity index (χ3v) is 2.44. The Labute approximate surface area is 95.5 Å². The molecule has 0 radical (unpaired) electrons. The largest absolute Gasteiger partial charge is 0.391 e. The summed E-state index contributed by atoms with van der Waals surface area (Å²) >= 11 is 5.93. The molecule has 0 amide bonds. The molecule has 2 atom stereocenters. The molecule has 1 aromatic carbocycles. The van der Waals surface area contributed by atoms with Gasteiger partial charge in [-0.2, -0.15) is 0 Å². The second-order valence-electron chi connectivity index (χ2n) is 3.02. The Morgan fingerprint density at radius 1 is 1.43 bits per heavy atom. The van der Waals surface area contributed by atoms with Crippen molar-refractivity contribution in [1.29, 1.82) is 0 Å². The molecular weight excluding hydrogens is 221 g/mol. The van der Waals surface area contributed by atoms with E-state index < -0.39 is 12.1 Å². The molecule has 3 N–H and O–H groups in total. The maximum Gasteiger partial charge on any atom is 0.0730 e. The van der Waals surface area contributed by atoms with Crippen LogP contribution in [-0.4, -0.2) is 11.2 Å². The first-order chi connectivity index (χ1) is 6.16. The lowest BCUT2D eigenvalue weighted by Gasteiger charge is -2.18. The smallest absolute Gasteiger partial charge is 0.0730 e. The van der Waals surface area contributed by atoms with Crippen molar-refractivity contribution >= 4 is 24.0 Å². The van der Waals surface area contributed by atoms with Crippen molar-refractivity contribution in [1.82, 2.24) is 0 Å². The second kappa shape index (κ2) is 6.25. The number of hydrogen-bond donors (Lipinski definition) is 2. The first-order valence-corrected chi connectivity index (χ1v) is 4.72. The Kier molecular flexibility index (Phi) is 6.12. The minimum Gasteiger partial charge on any atom is -0.391 e. The number of aliphatic hydroxyl groups excluding tert-OH is 1. The van der Waals surface area contributed by atoms with E-state index in [1.165, 1.54) is 0 Å². The fourth-order valence-electron chi connectivity index (χ4n) is 1.21. The van der Waals surface area contributed by atoms with Gasteiger partial charge in [-0.1, -0.05) is 36.7 Å². The summed E-state index contributed by atoms with van der Waals surface area (Å²) in [5.41, 5.74) is 6.62. The Morgan fingerprint density at radius 2 is 2.00 bits per heavy atom. The molecule has 2 nitrogen and oxygen atoms in total. The highest BCUT2D eigenvalue weighted by Crippen LogP contribution is 2.23. The molecule has 0 saturated carbocycles. The molecular formula is C10H15Cl2NO. The molecule has 0 aliphatic rings. The lowest BCUT2D eigenvalue weighted by Crippen LogP contribution is -2.25. The van der Waals surface area contributed by atoms with Crippen molar-refractivity contribution in [2.75, 3.05) is 0 Å². The molecule has 0 bridgehead atoms. The maximum atomic E-state index is 9.52. The van der Waals surface area contributed by atoms with E-state index in [9.17, 15) is 5.11 Å². The van der Waals surface area contributed by atoms with Crippen LogP contribution in [0.3, 0.4) is 0 Å². The van der Waals surface area contributed by atoms with Gasteiger partial charge in [0.05, 0.1) is 12.1 Å². The lowest BCUT2D eigenvalue weighted by atomic mass is 10.0. The highest BCUT2D eigenvalue weighted by molar-refractivity contribution is 6.31. The van der Waals surface area contributed by atoms with Crippen LogP contribution in [0, 0.1) is 0 Å². The summed E-state index contributed by atoms with van der Waals surface area (Å²) in [6, 6.07) is 6.93. The van der Waals surface area contributed by atoms with Crippen LogP contribution in [-0.2, 0) is 0 Å². The molecule has 1 rings (SSSR count). The van der Waals surface area contributed by atoms with Gasteiger partial charge in [0.2, 0.25) is 0 Å². The average Bonchev–Trinajstić information content (AvgIpc) is 2.16. The van der Waals surface area contributed by atoms with E-state index >= 15 is 0 Å². The van der Waals surface area contributed by atoms with E-state index in [-0.39, 0.29) is 12.4 Å². The Hall–Kier alpha value is -0.280. The summed E-state index contributed by atoms with van der Waals surface area (Å²) in [5, 5.41) is 10.1. The highest BCUT2D eigenvalue weighted by atomic mass is 35.5. The number of benzene rings is 1. The topological polar surface area (TPSA) is 46.2 Å². The molecule has 4 heteroatoms. The lowest BCUT2D eigenvalue weighted by molar-refractivity contribution is 0.141. The van der Waals surface area contributed by atoms with Crippen molar-refractivity contribution in [2.24, 2.45) is 5.73 Å². The predicted molar refractivity (Wildman–Crippen MR) is 61.9 cm³/mol. The van der Waals surface area contributed by atoms with Gasteiger partial charge >= 0.3 is 0 Å². The first kappa shape index (κ1) is 13.7. The van der Waals surface area contributed by atoms with Crippen LogP contribution < -0.4 is 5.73 Å². The molecule has 0 aliphatic heterocycles. The standard InChI is InChI=1S/C10H14ClNO.ClH/c1-2-9(13)10(12)7-5-3-4-6-8(7)11;/h3-6,9-10,13H,2,12H2,1H3;1H/t9-,10+;/m1./s1. The summed E-state index contributed by atoms with van der Waals surface area (Å²) in [4.78, 5) is 0. The Bertz CT molecular complexity index is 281. The van der Waals surface area contributed by atoms with E-state index in [1.807, 2.05) is 25.1 Å². The van der Waals surface area contributed by atoms with Crippen LogP contribution in [0.4, 0.5) is 0 Å². The van der Waals surface area contributed by atoms with E-state index in [4.69, 9.17) is 17.3 Å². The van der Waals surface area contributed by atoms with Gasteiger partial charge in [0.25, 0.3) is 0 Å². The number of hydrogen-bond acceptors (Lipinski definition) is 2. The van der Waals surface area contributed by atoms with E-state index in [0.717, 1.165) is 5.56 Å². The van der Waals surface area contributed by atoms with Gasteiger partial charge in [-0.15, -0.1) is 12.4 Å². The highest BCUT2D eigenvalue weighted by Gasteiger charge is 2.16. The third-order valence-electron chi connectivity index (χ3n) is 2.10. The second-order valence-corrected chi connectivity index (χ2v) is 3.43. The fourth-order valence-corrected chi connectivity index (χ4v) is 1.47. The fraction of sp³-hybridized carbons (Fsp3) is 0.400.